The van der Waals surface area contributed by atoms with Crippen LogP contribution in [0.2, 0.25) is 0 Å². The molecule has 2 aromatic carbocycles. The highest BCUT2D eigenvalue weighted by atomic mass is 32.2. The van der Waals surface area contributed by atoms with Crippen molar-refractivity contribution in [2.45, 2.75) is 24.8 Å². The van der Waals surface area contributed by atoms with Gasteiger partial charge in [0, 0.05) is 6.04 Å². The molecule has 2 aromatic rings. The van der Waals surface area contributed by atoms with E-state index in [1.165, 1.54) is 19.1 Å². The lowest BCUT2D eigenvalue weighted by atomic mass is 10.1. The third kappa shape index (κ3) is 3.64. The molecule has 6 heteroatoms. The monoisotopic (exact) mass is 323 g/mol. The second-order valence-electron chi connectivity index (χ2n) is 5.03. The maximum absolute atomic E-state index is 13.3. The molecule has 2 rings (SSSR count). The van der Waals surface area contributed by atoms with Gasteiger partial charge in [0.05, 0.1) is 12.0 Å². The zero-order valence-corrected chi connectivity index (χ0v) is 13.4. The number of benzene rings is 2. The van der Waals surface area contributed by atoms with Crippen molar-refractivity contribution in [1.82, 2.24) is 4.72 Å². The lowest BCUT2D eigenvalue weighted by Gasteiger charge is -2.15. The highest BCUT2D eigenvalue weighted by Gasteiger charge is 2.19. The van der Waals surface area contributed by atoms with Crippen molar-refractivity contribution in [2.24, 2.45) is 0 Å². The van der Waals surface area contributed by atoms with E-state index in [1.807, 2.05) is 0 Å². The first-order valence-corrected chi connectivity index (χ1v) is 8.24. The first-order chi connectivity index (χ1) is 10.3. The quantitative estimate of drug-likeness (QED) is 0.919. The summed E-state index contributed by atoms with van der Waals surface area (Å²) in [5.74, 6) is 0.273. The second kappa shape index (κ2) is 6.46. The molecule has 0 aliphatic carbocycles. The van der Waals surface area contributed by atoms with Crippen LogP contribution < -0.4 is 9.46 Å². The van der Waals surface area contributed by atoms with Gasteiger partial charge in [-0.05, 0) is 55.3 Å². The van der Waals surface area contributed by atoms with Crippen molar-refractivity contribution in [3.8, 4) is 5.75 Å². The largest absolute Gasteiger partial charge is 0.497 e. The minimum absolute atomic E-state index is 0.0479. The number of nitrogens with one attached hydrogen (secondary N) is 1. The van der Waals surface area contributed by atoms with E-state index in [0.717, 1.165) is 11.6 Å². The van der Waals surface area contributed by atoms with Crippen LogP contribution in [-0.4, -0.2) is 15.5 Å². The van der Waals surface area contributed by atoms with Gasteiger partial charge in [0.25, 0.3) is 0 Å². The molecule has 0 heterocycles. The molecule has 1 N–H and O–H groups in total. The lowest BCUT2D eigenvalue weighted by Crippen LogP contribution is -2.27. The maximum atomic E-state index is 13.3. The highest BCUT2D eigenvalue weighted by molar-refractivity contribution is 7.89. The number of hydrogen-bond donors (Lipinski definition) is 1. The molecule has 0 saturated carbocycles. The second-order valence-corrected chi connectivity index (χ2v) is 6.74. The molecule has 118 valence electrons. The van der Waals surface area contributed by atoms with Crippen molar-refractivity contribution in [3.63, 3.8) is 0 Å². The van der Waals surface area contributed by atoms with Crippen molar-refractivity contribution in [1.29, 1.82) is 0 Å². The number of hydrogen-bond acceptors (Lipinski definition) is 3. The van der Waals surface area contributed by atoms with Gasteiger partial charge >= 0.3 is 0 Å². The molecule has 0 unspecified atom stereocenters. The summed E-state index contributed by atoms with van der Waals surface area (Å²) in [6, 6.07) is 10.4. The summed E-state index contributed by atoms with van der Waals surface area (Å²) < 4.78 is 45.6. The summed E-state index contributed by atoms with van der Waals surface area (Å²) in [7, 11) is -2.14. The average molecular weight is 323 g/mol. The number of sulfonamides is 1. The van der Waals surface area contributed by atoms with Crippen LogP contribution in [0.5, 0.6) is 5.75 Å². The van der Waals surface area contributed by atoms with Crippen LogP contribution in [0.25, 0.3) is 0 Å². The van der Waals surface area contributed by atoms with Gasteiger partial charge in [-0.1, -0.05) is 12.1 Å². The van der Waals surface area contributed by atoms with Crippen molar-refractivity contribution >= 4 is 10.0 Å². The Balaban J connectivity index is 2.21. The van der Waals surface area contributed by atoms with Gasteiger partial charge in [0.15, 0.2) is 0 Å². The Morgan fingerprint density at radius 3 is 2.32 bits per heavy atom. The van der Waals surface area contributed by atoms with E-state index in [2.05, 4.69) is 4.72 Å². The molecule has 0 fully saturated rings. The average Bonchev–Trinajstić information content (AvgIpc) is 2.49. The number of halogens is 1. The Morgan fingerprint density at radius 1 is 1.14 bits per heavy atom. The van der Waals surface area contributed by atoms with E-state index in [9.17, 15) is 12.8 Å². The summed E-state index contributed by atoms with van der Waals surface area (Å²) in [4.78, 5) is 0.0479. The SMILES string of the molecule is COc1ccc([C@@H](C)NS(=O)(=O)c2ccc(F)c(C)c2)cc1. The molecule has 22 heavy (non-hydrogen) atoms. The normalized spacial score (nSPS) is 12.9. The molecular weight excluding hydrogens is 305 g/mol. The molecule has 0 radical (unpaired) electrons. The highest BCUT2D eigenvalue weighted by Crippen LogP contribution is 2.20. The van der Waals surface area contributed by atoms with E-state index < -0.39 is 21.9 Å². The van der Waals surface area contributed by atoms with E-state index >= 15 is 0 Å². The van der Waals surface area contributed by atoms with E-state index in [-0.39, 0.29) is 4.90 Å². The zero-order valence-electron chi connectivity index (χ0n) is 12.6. The first-order valence-electron chi connectivity index (χ1n) is 6.76. The van der Waals surface area contributed by atoms with Crippen LogP contribution in [0.3, 0.4) is 0 Å². The number of aryl methyl sites for hydroxylation is 1. The summed E-state index contributed by atoms with van der Waals surface area (Å²) >= 11 is 0. The smallest absolute Gasteiger partial charge is 0.241 e. The number of methoxy groups -OCH3 is 1. The minimum atomic E-state index is -3.71. The Bertz CT molecular complexity index is 757. The van der Waals surface area contributed by atoms with Crippen LogP contribution >= 0.6 is 0 Å². The minimum Gasteiger partial charge on any atom is -0.497 e. The predicted molar refractivity (Wildman–Crippen MR) is 82.9 cm³/mol. The maximum Gasteiger partial charge on any atom is 0.241 e. The molecular formula is C16H18FNO3S. The summed E-state index contributed by atoms with van der Waals surface area (Å²) in [5, 5.41) is 0. The first kappa shape index (κ1) is 16.5. The van der Waals surface area contributed by atoms with Gasteiger partial charge in [-0.2, -0.15) is 0 Å². The van der Waals surface area contributed by atoms with Crippen LogP contribution in [0, 0.1) is 12.7 Å². The molecule has 0 bridgehead atoms. The zero-order chi connectivity index (χ0) is 16.3. The fourth-order valence-corrected chi connectivity index (χ4v) is 3.36. The van der Waals surface area contributed by atoms with Gasteiger partial charge in [0.2, 0.25) is 10.0 Å². The summed E-state index contributed by atoms with van der Waals surface area (Å²) in [6.07, 6.45) is 0. The van der Waals surface area contributed by atoms with E-state index in [4.69, 9.17) is 4.74 Å². The standard InChI is InChI=1S/C16H18FNO3S/c1-11-10-15(8-9-16(11)17)22(19,20)18-12(2)13-4-6-14(21-3)7-5-13/h4-10,12,18H,1-3H3/t12-/m1/s1. The van der Waals surface area contributed by atoms with Gasteiger partial charge in [-0.15, -0.1) is 0 Å². The van der Waals surface area contributed by atoms with Crippen LogP contribution in [0.1, 0.15) is 24.1 Å². The van der Waals surface area contributed by atoms with Crippen molar-refractivity contribution in [3.05, 3.63) is 59.4 Å². The molecule has 0 aliphatic heterocycles. The van der Waals surface area contributed by atoms with Gasteiger partial charge in [0.1, 0.15) is 11.6 Å². The molecule has 0 saturated heterocycles. The lowest BCUT2D eigenvalue weighted by molar-refractivity contribution is 0.414. The number of ether oxygens (including phenoxy) is 1. The van der Waals surface area contributed by atoms with Crippen LogP contribution in [0.15, 0.2) is 47.4 Å². The molecule has 1 atom stereocenters. The molecule has 0 spiro atoms. The fraction of sp³-hybridized carbons (Fsp3) is 0.250. The molecule has 0 amide bonds. The van der Waals surface area contributed by atoms with Crippen LogP contribution in [0.4, 0.5) is 4.39 Å². The van der Waals surface area contributed by atoms with E-state index in [1.54, 1.807) is 38.3 Å². The topological polar surface area (TPSA) is 55.4 Å². The molecule has 0 aromatic heterocycles. The van der Waals surface area contributed by atoms with Crippen LogP contribution in [-0.2, 0) is 10.0 Å². The molecule has 4 nitrogen and oxygen atoms in total. The van der Waals surface area contributed by atoms with Crippen molar-refractivity contribution < 1.29 is 17.5 Å². The van der Waals surface area contributed by atoms with E-state index in [0.29, 0.717) is 11.3 Å². The Kier molecular flexibility index (Phi) is 4.83. The Hall–Kier alpha value is -1.92. The summed E-state index contributed by atoms with van der Waals surface area (Å²) in [5.41, 5.74) is 1.10. The molecule has 0 aliphatic rings. The van der Waals surface area contributed by atoms with Gasteiger partial charge < -0.3 is 4.74 Å². The Labute approximate surface area is 130 Å². The third-order valence-corrected chi connectivity index (χ3v) is 4.93. The predicted octanol–water partition coefficient (Wildman–Crippen LogP) is 3.18. The third-order valence-electron chi connectivity index (χ3n) is 3.39. The van der Waals surface area contributed by atoms with Gasteiger partial charge in [-0.3, -0.25) is 0 Å². The number of rotatable bonds is 5. The van der Waals surface area contributed by atoms with Crippen molar-refractivity contribution in [2.75, 3.05) is 7.11 Å². The summed E-state index contributed by atoms with van der Waals surface area (Å²) in [6.45, 7) is 3.27. The van der Waals surface area contributed by atoms with Gasteiger partial charge in [-0.25, -0.2) is 17.5 Å². The fourth-order valence-electron chi connectivity index (χ4n) is 2.05. The Morgan fingerprint density at radius 2 is 1.77 bits per heavy atom.